The van der Waals surface area contributed by atoms with Gasteiger partial charge in [0.1, 0.15) is 18.0 Å². The first-order chi connectivity index (χ1) is 14.7. The summed E-state index contributed by atoms with van der Waals surface area (Å²) in [6.45, 7) is 2.29. The van der Waals surface area contributed by atoms with E-state index in [-0.39, 0.29) is 30.2 Å². The van der Waals surface area contributed by atoms with E-state index in [9.17, 15) is 9.18 Å². The molecule has 0 bridgehead atoms. The first-order valence-corrected chi connectivity index (χ1v) is 10.2. The third-order valence-corrected chi connectivity index (χ3v) is 5.32. The number of nitrogens with zero attached hydrogens (tertiary/aromatic N) is 2. The minimum atomic E-state index is -2.91. The fraction of sp³-hybridized carbons (Fsp3) is 0.714. The molecule has 3 rings (SSSR count). The van der Waals surface area contributed by atoms with Gasteiger partial charge in [-0.05, 0) is 36.8 Å². The average molecular weight is 412 g/mol. The van der Waals surface area contributed by atoms with E-state index in [0.29, 0.717) is 18.4 Å². The molecule has 7 nitrogen and oxygen atoms in total. The molecule has 2 fully saturated rings. The number of hydrogen-bond acceptors (Lipinski definition) is 6. The van der Waals surface area contributed by atoms with Gasteiger partial charge in [0.25, 0.3) is 5.91 Å². The highest BCUT2D eigenvalue weighted by Crippen LogP contribution is 2.34. The highest BCUT2D eigenvalue weighted by molar-refractivity contribution is 5.93. The smallest absolute Gasteiger partial charge is 0.270 e. The van der Waals surface area contributed by atoms with E-state index in [0.717, 1.165) is 31.6 Å². The average Bonchev–Trinajstić information content (AvgIpc) is 3.48. The molecule has 1 unspecified atom stereocenters. The van der Waals surface area contributed by atoms with Crippen LogP contribution in [0.5, 0.6) is 5.88 Å². The topological polar surface area (TPSA) is 72.9 Å². The molecule has 1 saturated heterocycles. The molecule has 162 valence electrons. The Morgan fingerprint density at radius 3 is 2.79 bits per heavy atom. The number of rotatable bonds is 12. The van der Waals surface area contributed by atoms with Crippen LogP contribution in [0.4, 0.5) is 10.1 Å². The van der Waals surface area contributed by atoms with Crippen molar-refractivity contribution in [2.75, 3.05) is 51.5 Å². The molecule has 1 N–H and O–H groups in total. The van der Waals surface area contributed by atoms with E-state index < -0.39 is 19.3 Å². The van der Waals surface area contributed by atoms with Gasteiger partial charge in [-0.25, -0.2) is 9.37 Å². The highest BCUT2D eigenvalue weighted by atomic mass is 19.1. The van der Waals surface area contributed by atoms with Gasteiger partial charge in [-0.3, -0.25) is 4.79 Å². The van der Waals surface area contributed by atoms with Gasteiger partial charge in [0.15, 0.2) is 0 Å². The van der Waals surface area contributed by atoms with E-state index in [1.165, 1.54) is 0 Å². The summed E-state index contributed by atoms with van der Waals surface area (Å²) in [4.78, 5) is 19.4. The van der Waals surface area contributed by atoms with E-state index >= 15 is 0 Å². The lowest BCUT2D eigenvalue weighted by Crippen LogP contribution is -2.52. The molecule has 1 aliphatic heterocycles. The van der Waals surface area contributed by atoms with Gasteiger partial charge in [0.2, 0.25) is 5.88 Å². The van der Waals surface area contributed by atoms with Crippen molar-refractivity contribution in [1.29, 1.82) is 0 Å². The molecule has 1 aliphatic carbocycles. The predicted octanol–water partition coefficient (Wildman–Crippen LogP) is 2.45. The number of halogens is 1. The molecular weight excluding hydrogens is 377 g/mol. The van der Waals surface area contributed by atoms with Crippen LogP contribution in [0.1, 0.15) is 39.9 Å². The summed E-state index contributed by atoms with van der Waals surface area (Å²) in [5.74, 6) is 0.615. The second-order valence-corrected chi connectivity index (χ2v) is 8.01. The normalized spacial score (nSPS) is 19.4. The van der Waals surface area contributed by atoms with Gasteiger partial charge in [0, 0.05) is 20.2 Å². The number of amides is 1. The summed E-state index contributed by atoms with van der Waals surface area (Å²) < 4.78 is 43.2. The molecule has 2 aliphatic rings. The van der Waals surface area contributed by atoms with Gasteiger partial charge in [-0.15, -0.1) is 0 Å². The standard InChI is InChI=1S/C21H32FN3O4/c1-14(2)18(13-28-9-8-22)23-20(26)17-6-7-19(25-10-16(11-25)27-3)21(24-17)29-12-15-4-5-15/h6-7,14-16,18H,4-5,8-13H2,1-3H3,(H,23,26)/i8D2. The Hall–Kier alpha value is -1.93. The highest BCUT2D eigenvalue weighted by Gasteiger charge is 2.31. The van der Waals surface area contributed by atoms with E-state index in [4.69, 9.17) is 17.0 Å². The summed E-state index contributed by atoms with van der Waals surface area (Å²) >= 11 is 0. The summed E-state index contributed by atoms with van der Waals surface area (Å²) in [5.41, 5.74) is 1.07. The largest absolute Gasteiger partial charge is 0.476 e. The van der Waals surface area contributed by atoms with Crippen molar-refractivity contribution >= 4 is 11.6 Å². The quantitative estimate of drug-likeness (QED) is 0.570. The minimum Gasteiger partial charge on any atom is -0.476 e. The number of hydrogen-bond donors (Lipinski definition) is 1. The maximum absolute atomic E-state index is 13.0. The van der Waals surface area contributed by atoms with E-state index in [1.807, 2.05) is 19.9 Å². The Morgan fingerprint density at radius 1 is 1.41 bits per heavy atom. The maximum atomic E-state index is 13.0. The van der Waals surface area contributed by atoms with Crippen molar-refractivity contribution in [3.63, 3.8) is 0 Å². The lowest BCUT2D eigenvalue weighted by Gasteiger charge is -2.40. The van der Waals surface area contributed by atoms with Gasteiger partial charge in [-0.2, -0.15) is 0 Å². The van der Waals surface area contributed by atoms with Crippen molar-refractivity contribution in [3.05, 3.63) is 17.8 Å². The predicted molar refractivity (Wildman–Crippen MR) is 108 cm³/mol. The first kappa shape index (κ1) is 19.1. The number of anilines is 1. The number of pyridine rings is 1. The minimum absolute atomic E-state index is 0.00212. The molecule has 0 radical (unpaired) electrons. The van der Waals surface area contributed by atoms with Crippen molar-refractivity contribution in [1.82, 2.24) is 10.3 Å². The zero-order valence-electron chi connectivity index (χ0n) is 19.3. The molecule has 2 heterocycles. The van der Waals surface area contributed by atoms with Crippen LogP contribution in [-0.4, -0.2) is 69.7 Å². The molecule has 1 atom stereocenters. The number of nitrogens with one attached hydrogen (secondary N) is 1. The number of aromatic nitrogens is 1. The summed E-state index contributed by atoms with van der Waals surface area (Å²) in [6, 6.07) is 3.09. The van der Waals surface area contributed by atoms with Crippen molar-refractivity contribution in [3.8, 4) is 5.88 Å². The second kappa shape index (κ2) is 10.2. The van der Waals surface area contributed by atoms with Crippen molar-refractivity contribution in [2.45, 2.75) is 38.8 Å². The summed E-state index contributed by atoms with van der Waals surface area (Å²) in [5, 5.41) is 2.86. The molecular formula is C21H32FN3O4. The van der Waals surface area contributed by atoms with Gasteiger partial charge >= 0.3 is 0 Å². The number of carbonyl (C=O) groups is 1. The SMILES string of the molecule is [2H]C([2H])(F)COCC(NC(=O)c1ccc(N2CC(OC)C2)c(OCC2CC2)n1)C(C)C. The monoisotopic (exact) mass is 411 g/mol. The Bertz CT molecular complexity index is 753. The van der Waals surface area contributed by atoms with E-state index in [2.05, 4.69) is 15.2 Å². The van der Waals surface area contributed by atoms with Crippen LogP contribution >= 0.6 is 0 Å². The fourth-order valence-electron chi connectivity index (χ4n) is 3.04. The lowest BCUT2D eigenvalue weighted by atomic mass is 10.1. The number of carbonyl (C=O) groups excluding carboxylic acids is 1. The molecule has 29 heavy (non-hydrogen) atoms. The first-order valence-electron chi connectivity index (χ1n) is 11.2. The van der Waals surface area contributed by atoms with Crippen molar-refractivity contribution in [2.24, 2.45) is 11.8 Å². The molecule has 8 heteroatoms. The second-order valence-electron chi connectivity index (χ2n) is 8.01. The molecule has 1 amide bonds. The third kappa shape index (κ3) is 6.02. The molecule has 1 aromatic rings. The Morgan fingerprint density at radius 2 is 2.17 bits per heavy atom. The van der Waals surface area contributed by atoms with Crippen molar-refractivity contribution < 1.29 is 26.1 Å². The van der Waals surface area contributed by atoms with Crippen LogP contribution in [-0.2, 0) is 9.47 Å². The zero-order valence-corrected chi connectivity index (χ0v) is 17.3. The van der Waals surface area contributed by atoms with Crippen LogP contribution in [0.25, 0.3) is 0 Å². The fourth-order valence-corrected chi connectivity index (χ4v) is 3.04. The van der Waals surface area contributed by atoms with Crippen LogP contribution in [0.15, 0.2) is 12.1 Å². The Kier molecular flexibility index (Phi) is 6.71. The van der Waals surface area contributed by atoms with Gasteiger partial charge in [-0.1, -0.05) is 13.8 Å². The lowest BCUT2D eigenvalue weighted by molar-refractivity contribution is 0.0729. The number of alkyl halides is 1. The molecule has 1 aromatic heterocycles. The van der Waals surface area contributed by atoms with Gasteiger partial charge in [0.05, 0.1) is 34.7 Å². The van der Waals surface area contributed by atoms with Crippen LogP contribution in [0, 0.1) is 11.8 Å². The summed E-state index contributed by atoms with van der Waals surface area (Å²) in [7, 11) is 1.69. The van der Waals surface area contributed by atoms with Crippen LogP contribution in [0.2, 0.25) is 0 Å². The van der Waals surface area contributed by atoms with E-state index in [1.54, 1.807) is 13.2 Å². The molecule has 0 spiro atoms. The zero-order chi connectivity index (χ0) is 22.6. The maximum Gasteiger partial charge on any atom is 0.270 e. The van der Waals surface area contributed by atoms with Gasteiger partial charge < -0.3 is 24.4 Å². The molecule has 1 saturated carbocycles. The number of methoxy groups -OCH3 is 1. The third-order valence-electron chi connectivity index (χ3n) is 5.32. The molecule has 0 aromatic carbocycles. The van der Waals surface area contributed by atoms with Crippen LogP contribution < -0.4 is 15.0 Å². The number of ether oxygens (including phenoxy) is 3. The van der Waals surface area contributed by atoms with Crippen LogP contribution in [0.3, 0.4) is 0 Å². The summed E-state index contributed by atoms with van der Waals surface area (Å²) in [6.07, 6.45) is 2.48. The Balaban J connectivity index is 1.66. The Labute approximate surface area is 174 Å².